The average Bonchev–Trinajstić information content (AvgIpc) is 2.96. The molecule has 0 aliphatic heterocycles. The summed E-state index contributed by atoms with van der Waals surface area (Å²) in [6.45, 7) is 0.623. The molecule has 2 aliphatic carbocycles. The quantitative estimate of drug-likeness (QED) is 0.893. The summed E-state index contributed by atoms with van der Waals surface area (Å²) in [5.41, 5.74) is 0.0562. The lowest BCUT2D eigenvalue weighted by Crippen LogP contribution is -2.31. The van der Waals surface area contributed by atoms with Gasteiger partial charge in [0.05, 0.1) is 0 Å². The van der Waals surface area contributed by atoms with Crippen LogP contribution < -0.4 is 5.32 Å². The minimum Gasteiger partial charge on any atom is -0.352 e. The van der Waals surface area contributed by atoms with Crippen molar-refractivity contribution < 1.29 is 13.6 Å². The first kappa shape index (κ1) is 12.6. The lowest BCUT2D eigenvalue weighted by atomic mass is 9.89. The summed E-state index contributed by atoms with van der Waals surface area (Å²) in [6, 6.07) is 2.91. The van der Waals surface area contributed by atoms with Crippen molar-refractivity contribution in [3.8, 4) is 0 Å². The zero-order valence-electron chi connectivity index (χ0n) is 10.7. The topological polar surface area (TPSA) is 29.1 Å². The van der Waals surface area contributed by atoms with Gasteiger partial charge in [0.2, 0.25) is 0 Å². The minimum absolute atomic E-state index is 0.0562. The third-order valence-corrected chi connectivity index (χ3v) is 4.53. The Morgan fingerprint density at radius 3 is 2.47 bits per heavy atom. The Labute approximate surface area is 111 Å². The number of fused-ring (bicyclic) bond motifs is 2. The van der Waals surface area contributed by atoms with Crippen molar-refractivity contribution in [2.24, 2.45) is 17.8 Å². The summed E-state index contributed by atoms with van der Waals surface area (Å²) in [6.07, 6.45) is 5.06. The highest BCUT2D eigenvalue weighted by Crippen LogP contribution is 2.47. The van der Waals surface area contributed by atoms with E-state index in [-0.39, 0.29) is 11.5 Å². The molecule has 102 valence electrons. The van der Waals surface area contributed by atoms with Crippen molar-refractivity contribution >= 4 is 5.91 Å². The standard InChI is InChI=1S/C15H17F2NO/c16-13-5-11(6-14(17)7-13)15(19)18-8-12-4-9-1-2-10(12)3-9/h5-7,9-10,12H,1-4,8H2,(H,18,19)/t9-,10+,12+/m0/s1. The number of nitrogens with one attached hydrogen (secondary N) is 1. The molecule has 0 aromatic heterocycles. The van der Waals surface area contributed by atoms with Crippen LogP contribution in [-0.4, -0.2) is 12.5 Å². The van der Waals surface area contributed by atoms with Crippen LogP contribution in [0.25, 0.3) is 0 Å². The number of amides is 1. The Kier molecular flexibility index (Phi) is 3.25. The fraction of sp³-hybridized carbons (Fsp3) is 0.533. The normalized spacial score (nSPS) is 28.6. The predicted octanol–water partition coefficient (Wildman–Crippen LogP) is 3.13. The second-order valence-corrected chi connectivity index (χ2v) is 5.80. The van der Waals surface area contributed by atoms with E-state index >= 15 is 0 Å². The highest BCUT2D eigenvalue weighted by Gasteiger charge is 2.39. The number of carbonyl (C=O) groups is 1. The molecule has 0 unspecified atom stereocenters. The number of benzene rings is 1. The second-order valence-electron chi connectivity index (χ2n) is 5.80. The van der Waals surface area contributed by atoms with Crippen molar-refractivity contribution in [3.05, 3.63) is 35.4 Å². The van der Waals surface area contributed by atoms with Gasteiger partial charge < -0.3 is 5.32 Å². The van der Waals surface area contributed by atoms with Gasteiger partial charge in [0, 0.05) is 18.2 Å². The van der Waals surface area contributed by atoms with Gasteiger partial charge in [-0.25, -0.2) is 8.78 Å². The number of rotatable bonds is 3. The molecule has 3 rings (SSSR count). The molecule has 1 aromatic rings. The van der Waals surface area contributed by atoms with Crippen molar-refractivity contribution in [2.45, 2.75) is 25.7 Å². The smallest absolute Gasteiger partial charge is 0.251 e. The lowest BCUT2D eigenvalue weighted by molar-refractivity contribution is 0.0941. The predicted molar refractivity (Wildman–Crippen MR) is 67.6 cm³/mol. The summed E-state index contributed by atoms with van der Waals surface area (Å²) in [5, 5.41) is 2.81. The van der Waals surface area contributed by atoms with Gasteiger partial charge in [0.25, 0.3) is 5.91 Å². The third kappa shape index (κ3) is 2.62. The summed E-state index contributed by atoms with van der Waals surface area (Å²) >= 11 is 0. The van der Waals surface area contributed by atoms with Gasteiger partial charge in [-0.1, -0.05) is 6.42 Å². The zero-order chi connectivity index (χ0) is 13.4. The Hall–Kier alpha value is -1.45. The van der Waals surface area contributed by atoms with Crippen LogP contribution in [0.2, 0.25) is 0 Å². The molecule has 0 heterocycles. The van der Waals surface area contributed by atoms with E-state index in [1.165, 1.54) is 25.7 Å². The van der Waals surface area contributed by atoms with Gasteiger partial charge in [-0.05, 0) is 49.1 Å². The van der Waals surface area contributed by atoms with Crippen LogP contribution in [0.15, 0.2) is 18.2 Å². The number of carbonyl (C=O) groups excluding carboxylic acids is 1. The Bertz CT molecular complexity index is 483. The summed E-state index contributed by atoms with van der Waals surface area (Å²) < 4.78 is 26.1. The van der Waals surface area contributed by atoms with Gasteiger partial charge in [0.1, 0.15) is 11.6 Å². The maximum Gasteiger partial charge on any atom is 0.251 e. The van der Waals surface area contributed by atoms with Gasteiger partial charge in [0.15, 0.2) is 0 Å². The van der Waals surface area contributed by atoms with E-state index in [0.29, 0.717) is 12.5 Å². The number of hydrogen-bond donors (Lipinski definition) is 1. The summed E-state index contributed by atoms with van der Waals surface area (Å²) in [4.78, 5) is 11.9. The second kappa shape index (κ2) is 4.91. The van der Waals surface area contributed by atoms with E-state index in [1.54, 1.807) is 0 Å². The Balaban J connectivity index is 1.59. The van der Waals surface area contributed by atoms with Gasteiger partial charge >= 0.3 is 0 Å². The molecule has 1 N–H and O–H groups in total. The first-order chi connectivity index (χ1) is 9.11. The minimum atomic E-state index is -0.718. The number of halogens is 2. The summed E-state index contributed by atoms with van der Waals surface area (Å²) in [5.74, 6) is 0.283. The van der Waals surface area contributed by atoms with Crippen LogP contribution in [0.1, 0.15) is 36.0 Å². The van der Waals surface area contributed by atoms with Crippen molar-refractivity contribution in [1.29, 1.82) is 0 Å². The molecule has 3 atom stereocenters. The molecule has 19 heavy (non-hydrogen) atoms. The molecule has 2 fully saturated rings. The first-order valence-electron chi connectivity index (χ1n) is 6.86. The van der Waals surface area contributed by atoms with E-state index in [0.717, 1.165) is 30.0 Å². The monoisotopic (exact) mass is 265 g/mol. The lowest BCUT2D eigenvalue weighted by Gasteiger charge is -2.21. The van der Waals surface area contributed by atoms with E-state index in [9.17, 15) is 13.6 Å². The molecule has 1 amide bonds. The maximum atomic E-state index is 13.0. The molecule has 2 saturated carbocycles. The van der Waals surface area contributed by atoms with Crippen LogP contribution in [0.4, 0.5) is 8.78 Å². The Morgan fingerprint density at radius 1 is 1.16 bits per heavy atom. The third-order valence-electron chi connectivity index (χ3n) is 4.53. The van der Waals surface area contributed by atoms with E-state index in [1.807, 2.05) is 0 Å². The Morgan fingerprint density at radius 2 is 1.89 bits per heavy atom. The molecule has 1 aromatic carbocycles. The van der Waals surface area contributed by atoms with E-state index in [4.69, 9.17) is 0 Å². The molecular weight excluding hydrogens is 248 g/mol. The largest absolute Gasteiger partial charge is 0.352 e. The number of hydrogen-bond acceptors (Lipinski definition) is 1. The van der Waals surface area contributed by atoms with Crippen LogP contribution in [0.3, 0.4) is 0 Å². The van der Waals surface area contributed by atoms with E-state index in [2.05, 4.69) is 5.32 Å². The fourth-order valence-corrected chi connectivity index (χ4v) is 3.64. The van der Waals surface area contributed by atoms with Crippen LogP contribution in [-0.2, 0) is 0 Å². The van der Waals surface area contributed by atoms with Gasteiger partial charge in [-0.15, -0.1) is 0 Å². The molecule has 2 bridgehead atoms. The maximum absolute atomic E-state index is 13.0. The van der Waals surface area contributed by atoms with Gasteiger partial charge in [-0.2, -0.15) is 0 Å². The van der Waals surface area contributed by atoms with Crippen LogP contribution in [0, 0.1) is 29.4 Å². The van der Waals surface area contributed by atoms with Crippen molar-refractivity contribution in [2.75, 3.05) is 6.54 Å². The van der Waals surface area contributed by atoms with Crippen LogP contribution >= 0.6 is 0 Å². The van der Waals surface area contributed by atoms with Crippen molar-refractivity contribution in [3.63, 3.8) is 0 Å². The zero-order valence-corrected chi connectivity index (χ0v) is 10.7. The molecule has 0 radical (unpaired) electrons. The molecule has 0 spiro atoms. The molecule has 2 aliphatic rings. The highest BCUT2D eigenvalue weighted by molar-refractivity contribution is 5.94. The molecule has 4 heteroatoms. The average molecular weight is 265 g/mol. The first-order valence-corrected chi connectivity index (χ1v) is 6.86. The molecular formula is C15H17F2NO. The molecule has 0 saturated heterocycles. The van der Waals surface area contributed by atoms with E-state index < -0.39 is 11.6 Å². The van der Waals surface area contributed by atoms with Gasteiger partial charge in [-0.3, -0.25) is 4.79 Å². The fourth-order valence-electron chi connectivity index (χ4n) is 3.64. The van der Waals surface area contributed by atoms with Crippen molar-refractivity contribution in [1.82, 2.24) is 5.32 Å². The summed E-state index contributed by atoms with van der Waals surface area (Å²) in [7, 11) is 0. The van der Waals surface area contributed by atoms with Crippen LogP contribution in [0.5, 0.6) is 0 Å². The SMILES string of the molecule is O=C(NC[C@H]1C[C@H]2CC[C@@H]1C2)c1cc(F)cc(F)c1. The highest BCUT2D eigenvalue weighted by atomic mass is 19.1. The molecule has 2 nitrogen and oxygen atoms in total.